The number of halogens is 2. The Morgan fingerprint density at radius 2 is 2.06 bits per heavy atom. The summed E-state index contributed by atoms with van der Waals surface area (Å²) in [6.07, 6.45) is 0. The molecule has 18 heavy (non-hydrogen) atoms. The molecule has 0 bridgehead atoms. The van der Waals surface area contributed by atoms with Crippen molar-refractivity contribution in [3.05, 3.63) is 49.6 Å². The van der Waals surface area contributed by atoms with Crippen LogP contribution in [0.2, 0.25) is 10.0 Å². The van der Waals surface area contributed by atoms with Gasteiger partial charge in [-0.25, -0.2) is 0 Å². The van der Waals surface area contributed by atoms with Gasteiger partial charge < -0.3 is 5.32 Å². The Kier molecular flexibility index (Phi) is 4.13. The molecule has 0 atom stereocenters. The van der Waals surface area contributed by atoms with E-state index >= 15 is 0 Å². The maximum atomic E-state index is 8.74. The highest BCUT2D eigenvalue weighted by atomic mass is 35.5. The first-order valence-electron chi connectivity index (χ1n) is 5.27. The van der Waals surface area contributed by atoms with Crippen LogP contribution in [0.25, 0.3) is 0 Å². The molecule has 0 saturated carbocycles. The monoisotopic (exact) mass is 296 g/mol. The summed E-state index contributed by atoms with van der Waals surface area (Å²) in [6, 6.07) is 7.62. The van der Waals surface area contributed by atoms with Crippen molar-refractivity contribution >= 4 is 40.2 Å². The molecule has 2 aromatic rings. The molecule has 0 unspecified atom stereocenters. The summed E-state index contributed by atoms with van der Waals surface area (Å²) in [5, 5.41) is 15.1. The topological polar surface area (TPSA) is 35.8 Å². The van der Waals surface area contributed by atoms with E-state index in [9.17, 15) is 0 Å². The normalized spacial score (nSPS) is 10.1. The van der Waals surface area contributed by atoms with Gasteiger partial charge in [0.05, 0.1) is 16.3 Å². The fourth-order valence-corrected chi connectivity index (χ4v) is 2.69. The number of nitriles is 1. The van der Waals surface area contributed by atoms with Crippen LogP contribution in [0.1, 0.15) is 16.0 Å². The SMILES string of the molecule is Cc1cc(Cl)c(NCc2cc(C#N)cs2)cc1Cl. The van der Waals surface area contributed by atoms with E-state index in [1.807, 2.05) is 30.5 Å². The van der Waals surface area contributed by atoms with Gasteiger partial charge in [-0.2, -0.15) is 5.26 Å². The van der Waals surface area contributed by atoms with Crippen molar-refractivity contribution in [2.45, 2.75) is 13.5 Å². The van der Waals surface area contributed by atoms with Crippen molar-refractivity contribution in [2.75, 3.05) is 5.32 Å². The summed E-state index contributed by atoms with van der Waals surface area (Å²) in [5.74, 6) is 0. The van der Waals surface area contributed by atoms with Gasteiger partial charge in [-0.1, -0.05) is 23.2 Å². The zero-order valence-corrected chi connectivity index (χ0v) is 12.0. The Balaban J connectivity index is 2.11. The largest absolute Gasteiger partial charge is 0.379 e. The number of nitrogens with zero attached hydrogens (tertiary/aromatic N) is 1. The molecule has 0 aliphatic heterocycles. The lowest BCUT2D eigenvalue weighted by Crippen LogP contribution is -1.98. The highest BCUT2D eigenvalue weighted by Gasteiger charge is 2.05. The summed E-state index contributed by atoms with van der Waals surface area (Å²) in [6.45, 7) is 2.54. The number of anilines is 1. The molecule has 92 valence electrons. The minimum absolute atomic E-state index is 0.630. The number of rotatable bonds is 3. The van der Waals surface area contributed by atoms with Crippen LogP contribution in [-0.2, 0) is 6.54 Å². The van der Waals surface area contributed by atoms with Crippen molar-refractivity contribution in [1.82, 2.24) is 0 Å². The molecular formula is C13H10Cl2N2S. The predicted molar refractivity (Wildman–Crippen MR) is 77.6 cm³/mol. The molecule has 1 aromatic carbocycles. The van der Waals surface area contributed by atoms with E-state index in [2.05, 4.69) is 11.4 Å². The lowest BCUT2D eigenvalue weighted by Gasteiger charge is -2.09. The Morgan fingerprint density at radius 1 is 1.28 bits per heavy atom. The Bertz CT molecular complexity index is 614. The average Bonchev–Trinajstić information content (AvgIpc) is 2.80. The average molecular weight is 297 g/mol. The molecule has 0 amide bonds. The number of aryl methyl sites for hydroxylation is 1. The number of hydrogen-bond donors (Lipinski definition) is 1. The molecule has 1 heterocycles. The number of nitrogens with one attached hydrogen (secondary N) is 1. The van der Waals surface area contributed by atoms with E-state index in [4.69, 9.17) is 28.5 Å². The molecule has 5 heteroatoms. The second-order valence-electron chi connectivity index (χ2n) is 3.85. The number of benzene rings is 1. The molecule has 1 N–H and O–H groups in total. The molecule has 0 fully saturated rings. The van der Waals surface area contributed by atoms with Crippen molar-refractivity contribution in [2.24, 2.45) is 0 Å². The van der Waals surface area contributed by atoms with E-state index in [0.29, 0.717) is 22.2 Å². The summed E-state index contributed by atoms with van der Waals surface area (Å²) < 4.78 is 0. The minimum atomic E-state index is 0.630. The minimum Gasteiger partial charge on any atom is -0.379 e. The quantitative estimate of drug-likeness (QED) is 0.879. The van der Waals surface area contributed by atoms with Gasteiger partial charge in [-0.05, 0) is 30.7 Å². The first-order valence-corrected chi connectivity index (χ1v) is 6.90. The van der Waals surface area contributed by atoms with Crippen LogP contribution in [-0.4, -0.2) is 0 Å². The highest BCUT2D eigenvalue weighted by Crippen LogP contribution is 2.29. The van der Waals surface area contributed by atoms with Crippen LogP contribution >= 0.6 is 34.5 Å². The zero-order valence-electron chi connectivity index (χ0n) is 9.63. The Morgan fingerprint density at radius 3 is 2.72 bits per heavy atom. The van der Waals surface area contributed by atoms with Crippen molar-refractivity contribution < 1.29 is 0 Å². The second-order valence-corrected chi connectivity index (χ2v) is 5.66. The van der Waals surface area contributed by atoms with Gasteiger partial charge in [-0.3, -0.25) is 0 Å². The third-order valence-electron chi connectivity index (χ3n) is 2.48. The summed E-state index contributed by atoms with van der Waals surface area (Å²) in [5.41, 5.74) is 2.44. The number of hydrogen-bond acceptors (Lipinski definition) is 3. The third-order valence-corrected chi connectivity index (χ3v) is 4.14. The lowest BCUT2D eigenvalue weighted by molar-refractivity contribution is 1.19. The molecule has 0 saturated heterocycles. The first-order chi connectivity index (χ1) is 8.60. The molecule has 1 aromatic heterocycles. The van der Waals surface area contributed by atoms with Gasteiger partial charge >= 0.3 is 0 Å². The fraction of sp³-hybridized carbons (Fsp3) is 0.154. The summed E-state index contributed by atoms with van der Waals surface area (Å²) >= 11 is 13.7. The van der Waals surface area contributed by atoms with Crippen LogP contribution in [0.4, 0.5) is 5.69 Å². The van der Waals surface area contributed by atoms with Crippen LogP contribution in [0.5, 0.6) is 0 Å². The van der Waals surface area contributed by atoms with E-state index < -0.39 is 0 Å². The molecule has 0 aliphatic carbocycles. The predicted octanol–water partition coefficient (Wildman–Crippen LogP) is 4.85. The standard InChI is InChI=1S/C13H10Cl2N2S/c1-8-2-12(15)13(4-11(8)14)17-6-10-3-9(5-16)7-18-10/h2-4,7,17H,6H2,1H3. The maximum absolute atomic E-state index is 8.74. The molecule has 2 rings (SSSR count). The summed E-state index contributed by atoms with van der Waals surface area (Å²) in [7, 11) is 0. The van der Waals surface area contributed by atoms with Crippen LogP contribution in [0.3, 0.4) is 0 Å². The number of thiophene rings is 1. The second kappa shape index (κ2) is 5.62. The molecule has 0 aliphatic rings. The van der Waals surface area contributed by atoms with Gasteiger partial charge in [0.2, 0.25) is 0 Å². The van der Waals surface area contributed by atoms with Crippen molar-refractivity contribution in [1.29, 1.82) is 5.26 Å². The Labute approximate surface area is 120 Å². The van der Waals surface area contributed by atoms with Gasteiger partial charge in [-0.15, -0.1) is 11.3 Å². The lowest BCUT2D eigenvalue weighted by atomic mass is 10.2. The van der Waals surface area contributed by atoms with Crippen molar-refractivity contribution in [3.63, 3.8) is 0 Å². The van der Waals surface area contributed by atoms with Gasteiger partial charge in [0.15, 0.2) is 0 Å². The maximum Gasteiger partial charge on any atom is 0.100 e. The molecule has 2 nitrogen and oxygen atoms in total. The molecular weight excluding hydrogens is 287 g/mol. The zero-order chi connectivity index (χ0) is 13.1. The van der Waals surface area contributed by atoms with Gasteiger partial charge in [0.25, 0.3) is 0 Å². The van der Waals surface area contributed by atoms with E-state index in [-0.39, 0.29) is 0 Å². The molecule has 0 spiro atoms. The van der Waals surface area contributed by atoms with E-state index in [1.165, 1.54) is 0 Å². The van der Waals surface area contributed by atoms with Crippen LogP contribution in [0.15, 0.2) is 23.6 Å². The smallest absolute Gasteiger partial charge is 0.100 e. The molecule has 0 radical (unpaired) electrons. The van der Waals surface area contributed by atoms with Crippen LogP contribution in [0, 0.1) is 18.3 Å². The van der Waals surface area contributed by atoms with E-state index in [1.54, 1.807) is 11.3 Å². The van der Waals surface area contributed by atoms with E-state index in [0.717, 1.165) is 16.1 Å². The summed E-state index contributed by atoms with van der Waals surface area (Å²) in [4.78, 5) is 1.08. The fourth-order valence-electron chi connectivity index (χ4n) is 1.50. The van der Waals surface area contributed by atoms with Crippen LogP contribution < -0.4 is 5.32 Å². The highest BCUT2D eigenvalue weighted by molar-refractivity contribution is 7.10. The Hall–Kier alpha value is -1.21. The first kappa shape index (κ1) is 13.2. The third kappa shape index (κ3) is 2.97. The van der Waals surface area contributed by atoms with Gasteiger partial charge in [0, 0.05) is 21.8 Å². The van der Waals surface area contributed by atoms with Gasteiger partial charge in [0.1, 0.15) is 6.07 Å². The van der Waals surface area contributed by atoms with Crippen molar-refractivity contribution in [3.8, 4) is 6.07 Å².